The van der Waals surface area contributed by atoms with Crippen molar-refractivity contribution in [2.45, 2.75) is 25.0 Å². The van der Waals surface area contributed by atoms with Gasteiger partial charge in [0.05, 0.1) is 6.61 Å². The molecule has 0 aliphatic heterocycles. The molecule has 0 aliphatic carbocycles. The molecule has 1 N–H and O–H groups in total. The molecule has 18 heavy (non-hydrogen) atoms. The lowest BCUT2D eigenvalue weighted by Gasteiger charge is -2.12. The van der Waals surface area contributed by atoms with Crippen LogP contribution in [0.1, 0.15) is 19.8 Å². The standard InChI is InChI=1S/C12H16O5S/c1-3-4-10(18-9(2)13)7-8-17-12(16)6-5-11(14)15/h3,5-6,10H,1,4,7-8H2,2H3,(H,14,15)/b6-5-. The first-order valence-corrected chi connectivity index (χ1v) is 6.19. The molecule has 0 amide bonds. The number of thioether (sulfide) groups is 1. The van der Waals surface area contributed by atoms with Crippen LogP contribution in [0.3, 0.4) is 0 Å². The zero-order chi connectivity index (χ0) is 14.0. The van der Waals surface area contributed by atoms with E-state index in [0.29, 0.717) is 18.9 Å². The summed E-state index contributed by atoms with van der Waals surface area (Å²) in [5.41, 5.74) is 0. The smallest absolute Gasteiger partial charge is 0.331 e. The van der Waals surface area contributed by atoms with Gasteiger partial charge in [0, 0.05) is 24.3 Å². The van der Waals surface area contributed by atoms with Gasteiger partial charge in [0.25, 0.3) is 0 Å². The van der Waals surface area contributed by atoms with E-state index in [0.717, 1.165) is 6.08 Å². The van der Waals surface area contributed by atoms with E-state index in [2.05, 4.69) is 6.58 Å². The van der Waals surface area contributed by atoms with Crippen molar-refractivity contribution in [3.05, 3.63) is 24.8 Å². The number of carbonyl (C=O) groups is 3. The molecule has 100 valence electrons. The Labute approximate surface area is 110 Å². The van der Waals surface area contributed by atoms with Crippen LogP contribution in [-0.2, 0) is 19.1 Å². The van der Waals surface area contributed by atoms with Gasteiger partial charge in [-0.15, -0.1) is 6.58 Å². The van der Waals surface area contributed by atoms with Crippen molar-refractivity contribution in [2.75, 3.05) is 6.61 Å². The maximum Gasteiger partial charge on any atom is 0.331 e. The number of carboxylic acids is 1. The summed E-state index contributed by atoms with van der Waals surface area (Å²) < 4.78 is 4.80. The summed E-state index contributed by atoms with van der Waals surface area (Å²) in [6.07, 6.45) is 4.43. The first kappa shape index (κ1) is 16.4. The first-order chi connectivity index (χ1) is 8.45. The van der Waals surface area contributed by atoms with E-state index >= 15 is 0 Å². The lowest BCUT2D eigenvalue weighted by Crippen LogP contribution is -2.11. The van der Waals surface area contributed by atoms with Gasteiger partial charge >= 0.3 is 11.9 Å². The molecule has 0 saturated heterocycles. The monoisotopic (exact) mass is 272 g/mol. The molecular formula is C12H16O5S. The molecule has 0 aliphatic rings. The third kappa shape index (κ3) is 9.65. The van der Waals surface area contributed by atoms with Crippen LogP contribution in [0.4, 0.5) is 0 Å². The minimum atomic E-state index is -1.20. The van der Waals surface area contributed by atoms with E-state index in [9.17, 15) is 14.4 Å². The number of esters is 1. The zero-order valence-electron chi connectivity index (χ0n) is 10.1. The van der Waals surface area contributed by atoms with Crippen molar-refractivity contribution >= 4 is 28.8 Å². The van der Waals surface area contributed by atoms with Gasteiger partial charge in [-0.3, -0.25) is 4.79 Å². The normalized spacial score (nSPS) is 12.1. The number of ether oxygens (including phenoxy) is 1. The predicted octanol–water partition coefficient (Wildman–Crippen LogP) is 1.78. The topological polar surface area (TPSA) is 80.7 Å². The molecule has 0 saturated carbocycles. The fourth-order valence-electron chi connectivity index (χ4n) is 1.12. The molecule has 5 nitrogen and oxygen atoms in total. The Morgan fingerprint density at radius 2 is 2.06 bits per heavy atom. The highest BCUT2D eigenvalue weighted by atomic mass is 32.2. The number of carbonyl (C=O) groups excluding carboxylic acids is 2. The van der Waals surface area contributed by atoms with Gasteiger partial charge < -0.3 is 9.84 Å². The fraction of sp³-hybridized carbons (Fsp3) is 0.417. The lowest BCUT2D eigenvalue weighted by atomic mass is 10.2. The van der Waals surface area contributed by atoms with Gasteiger partial charge in [-0.25, -0.2) is 9.59 Å². The number of allylic oxidation sites excluding steroid dienone is 1. The van der Waals surface area contributed by atoms with E-state index < -0.39 is 11.9 Å². The van der Waals surface area contributed by atoms with E-state index in [1.807, 2.05) is 0 Å². The Hall–Kier alpha value is -1.56. The van der Waals surface area contributed by atoms with Gasteiger partial charge in [0.15, 0.2) is 5.12 Å². The molecule has 1 atom stereocenters. The molecule has 0 bridgehead atoms. The van der Waals surface area contributed by atoms with Gasteiger partial charge in [-0.2, -0.15) is 0 Å². The number of rotatable bonds is 8. The van der Waals surface area contributed by atoms with Crippen LogP contribution in [0.5, 0.6) is 0 Å². The van der Waals surface area contributed by atoms with Crippen molar-refractivity contribution in [1.29, 1.82) is 0 Å². The van der Waals surface area contributed by atoms with Crippen molar-refractivity contribution in [1.82, 2.24) is 0 Å². The predicted molar refractivity (Wildman–Crippen MR) is 69.2 cm³/mol. The minimum absolute atomic E-state index is 0.000973. The third-order valence-electron chi connectivity index (χ3n) is 1.81. The quantitative estimate of drug-likeness (QED) is 0.412. The lowest BCUT2D eigenvalue weighted by molar-refractivity contribution is -0.138. The summed E-state index contributed by atoms with van der Waals surface area (Å²) in [7, 11) is 0. The number of aliphatic carboxylic acids is 1. The highest BCUT2D eigenvalue weighted by Crippen LogP contribution is 2.19. The molecule has 1 unspecified atom stereocenters. The van der Waals surface area contributed by atoms with Crippen molar-refractivity contribution < 1.29 is 24.2 Å². The SMILES string of the molecule is C=CCC(CCOC(=O)/C=C\C(=O)O)SC(C)=O. The molecule has 0 radical (unpaired) electrons. The number of carboxylic acid groups (broad SMARTS) is 1. The van der Waals surface area contributed by atoms with Gasteiger partial charge in [-0.1, -0.05) is 17.8 Å². The molecular weight excluding hydrogens is 256 g/mol. The van der Waals surface area contributed by atoms with Crippen LogP contribution in [0, 0.1) is 0 Å². The van der Waals surface area contributed by atoms with Crippen LogP contribution in [-0.4, -0.2) is 34.0 Å². The van der Waals surface area contributed by atoms with E-state index in [4.69, 9.17) is 9.84 Å². The minimum Gasteiger partial charge on any atom is -0.478 e. The molecule has 0 aromatic carbocycles. The Morgan fingerprint density at radius 1 is 1.39 bits per heavy atom. The highest BCUT2D eigenvalue weighted by Gasteiger charge is 2.11. The Bertz CT molecular complexity index is 348. The van der Waals surface area contributed by atoms with E-state index in [1.54, 1.807) is 6.08 Å². The summed E-state index contributed by atoms with van der Waals surface area (Å²) in [5, 5.41) is 8.32. The molecule has 6 heteroatoms. The Kier molecular flexibility index (Phi) is 8.65. The first-order valence-electron chi connectivity index (χ1n) is 5.31. The number of hydrogen-bond acceptors (Lipinski definition) is 5. The highest BCUT2D eigenvalue weighted by molar-refractivity contribution is 8.14. The van der Waals surface area contributed by atoms with Crippen LogP contribution in [0.15, 0.2) is 24.8 Å². The summed E-state index contributed by atoms with van der Waals surface area (Å²) in [4.78, 5) is 32.1. The van der Waals surface area contributed by atoms with Crippen LogP contribution in [0.25, 0.3) is 0 Å². The Morgan fingerprint density at radius 3 is 2.56 bits per heavy atom. The molecule has 0 aromatic rings. The van der Waals surface area contributed by atoms with Crippen molar-refractivity contribution in [3.8, 4) is 0 Å². The van der Waals surface area contributed by atoms with Crippen molar-refractivity contribution in [2.24, 2.45) is 0 Å². The summed E-state index contributed by atoms with van der Waals surface area (Å²) in [6, 6.07) is 0. The van der Waals surface area contributed by atoms with Gasteiger partial charge in [0.1, 0.15) is 0 Å². The summed E-state index contributed by atoms with van der Waals surface area (Å²) in [5.74, 6) is -1.91. The number of hydrogen-bond donors (Lipinski definition) is 1. The maximum absolute atomic E-state index is 11.0. The fourth-order valence-corrected chi connectivity index (χ4v) is 2.04. The molecule has 0 spiro atoms. The zero-order valence-corrected chi connectivity index (χ0v) is 10.9. The van der Waals surface area contributed by atoms with Crippen LogP contribution in [0.2, 0.25) is 0 Å². The van der Waals surface area contributed by atoms with E-state index in [1.165, 1.54) is 18.7 Å². The van der Waals surface area contributed by atoms with Crippen LogP contribution < -0.4 is 0 Å². The van der Waals surface area contributed by atoms with E-state index in [-0.39, 0.29) is 17.0 Å². The second kappa shape index (κ2) is 9.47. The third-order valence-corrected chi connectivity index (χ3v) is 2.90. The molecule has 0 heterocycles. The average molecular weight is 272 g/mol. The summed E-state index contributed by atoms with van der Waals surface area (Å²) >= 11 is 1.18. The van der Waals surface area contributed by atoms with Gasteiger partial charge in [0.2, 0.25) is 0 Å². The second-order valence-electron chi connectivity index (χ2n) is 3.38. The van der Waals surface area contributed by atoms with Gasteiger partial charge in [-0.05, 0) is 12.8 Å². The Balaban J connectivity index is 3.98. The average Bonchev–Trinajstić information content (AvgIpc) is 2.25. The second-order valence-corrected chi connectivity index (χ2v) is 4.86. The van der Waals surface area contributed by atoms with Crippen LogP contribution >= 0.6 is 11.8 Å². The summed E-state index contributed by atoms with van der Waals surface area (Å²) in [6.45, 7) is 5.21. The van der Waals surface area contributed by atoms with Crippen molar-refractivity contribution in [3.63, 3.8) is 0 Å². The molecule has 0 rings (SSSR count). The molecule has 0 fully saturated rings. The maximum atomic E-state index is 11.0. The molecule has 0 aromatic heterocycles. The largest absolute Gasteiger partial charge is 0.478 e.